The molecule has 0 bridgehead atoms. The zero-order valence-electron chi connectivity index (χ0n) is 10.5. The van der Waals surface area contributed by atoms with Gasteiger partial charge in [-0.05, 0) is 24.1 Å². The summed E-state index contributed by atoms with van der Waals surface area (Å²) < 4.78 is 10.8. The molecule has 0 unspecified atom stereocenters. The summed E-state index contributed by atoms with van der Waals surface area (Å²) in [6, 6.07) is 4.50. The number of ether oxygens (including phenoxy) is 2. The maximum Gasteiger partial charge on any atom is 0.337 e. The van der Waals surface area contributed by atoms with Gasteiger partial charge >= 0.3 is 5.97 Å². The van der Waals surface area contributed by atoms with Crippen molar-refractivity contribution < 1.29 is 19.4 Å². The van der Waals surface area contributed by atoms with Crippen LogP contribution in [0.25, 0.3) is 0 Å². The third kappa shape index (κ3) is 4.94. The van der Waals surface area contributed by atoms with Gasteiger partial charge in [0.15, 0.2) is 0 Å². The lowest BCUT2D eigenvalue weighted by Gasteiger charge is -2.09. The van der Waals surface area contributed by atoms with E-state index in [-0.39, 0.29) is 10.6 Å². The van der Waals surface area contributed by atoms with E-state index < -0.39 is 5.97 Å². The van der Waals surface area contributed by atoms with Crippen LogP contribution in [0.4, 0.5) is 0 Å². The van der Waals surface area contributed by atoms with Crippen LogP contribution in [0.5, 0.6) is 5.75 Å². The van der Waals surface area contributed by atoms with Crippen molar-refractivity contribution in [3.63, 3.8) is 0 Å². The maximum atomic E-state index is 10.8. The average Bonchev–Trinajstić information content (AvgIpc) is 2.27. The van der Waals surface area contributed by atoms with Crippen LogP contribution in [-0.2, 0) is 4.74 Å². The summed E-state index contributed by atoms with van der Waals surface area (Å²) in [4.78, 5) is 10.8. The molecule has 1 N–H and O–H groups in total. The molecule has 18 heavy (non-hydrogen) atoms. The Morgan fingerprint density at radius 2 is 2.11 bits per heavy atom. The van der Waals surface area contributed by atoms with Gasteiger partial charge in [0.05, 0.1) is 17.2 Å². The Morgan fingerprint density at radius 3 is 2.67 bits per heavy atom. The largest absolute Gasteiger partial charge is 0.491 e. The van der Waals surface area contributed by atoms with Crippen molar-refractivity contribution in [2.45, 2.75) is 13.8 Å². The second kappa shape index (κ2) is 7.24. The van der Waals surface area contributed by atoms with Crippen LogP contribution >= 0.6 is 11.6 Å². The highest BCUT2D eigenvalue weighted by molar-refractivity contribution is 6.33. The molecule has 0 saturated heterocycles. The molecule has 0 aliphatic carbocycles. The van der Waals surface area contributed by atoms with Gasteiger partial charge in [0.2, 0.25) is 0 Å². The predicted octanol–water partition coefficient (Wildman–Crippen LogP) is 3.09. The predicted molar refractivity (Wildman–Crippen MR) is 69.6 cm³/mol. The Hall–Kier alpha value is -1.26. The first-order valence-corrected chi connectivity index (χ1v) is 6.12. The number of rotatable bonds is 7. The number of aromatic carboxylic acids is 1. The minimum atomic E-state index is -1.05. The van der Waals surface area contributed by atoms with Gasteiger partial charge in [-0.2, -0.15) is 0 Å². The molecule has 0 radical (unpaired) electrons. The lowest BCUT2D eigenvalue weighted by molar-refractivity contribution is 0.0696. The molecule has 0 heterocycles. The molecule has 1 rings (SSSR count). The van der Waals surface area contributed by atoms with Crippen molar-refractivity contribution in [2.75, 3.05) is 19.8 Å². The van der Waals surface area contributed by atoms with Crippen LogP contribution in [0.1, 0.15) is 24.2 Å². The van der Waals surface area contributed by atoms with Crippen LogP contribution in [0, 0.1) is 5.92 Å². The molecule has 0 aliphatic rings. The summed E-state index contributed by atoms with van der Waals surface area (Å²) in [5, 5.41) is 8.98. The molecule has 0 aromatic heterocycles. The van der Waals surface area contributed by atoms with Crippen LogP contribution < -0.4 is 4.74 Å². The number of hydrogen-bond donors (Lipinski definition) is 1. The molecule has 5 heteroatoms. The molecule has 0 saturated carbocycles. The zero-order valence-corrected chi connectivity index (χ0v) is 11.2. The fourth-order valence-corrected chi connectivity index (χ4v) is 1.55. The molecular formula is C13H17ClO4. The van der Waals surface area contributed by atoms with E-state index in [9.17, 15) is 4.79 Å². The van der Waals surface area contributed by atoms with Gasteiger partial charge < -0.3 is 14.6 Å². The van der Waals surface area contributed by atoms with Crippen molar-refractivity contribution in [3.05, 3.63) is 28.8 Å². The summed E-state index contributed by atoms with van der Waals surface area (Å²) in [5.41, 5.74) is 0.0695. The lowest BCUT2D eigenvalue weighted by atomic mass is 10.2. The van der Waals surface area contributed by atoms with Gasteiger partial charge in [0.1, 0.15) is 12.4 Å². The highest BCUT2D eigenvalue weighted by Crippen LogP contribution is 2.22. The van der Waals surface area contributed by atoms with Crippen molar-refractivity contribution in [2.24, 2.45) is 5.92 Å². The summed E-state index contributed by atoms with van der Waals surface area (Å²) in [7, 11) is 0. The lowest BCUT2D eigenvalue weighted by Crippen LogP contribution is -2.10. The van der Waals surface area contributed by atoms with Crippen LogP contribution in [0.2, 0.25) is 5.02 Å². The second-order valence-corrected chi connectivity index (χ2v) is 4.67. The average molecular weight is 273 g/mol. The normalized spacial score (nSPS) is 10.7. The number of carboxylic acid groups (broad SMARTS) is 1. The molecule has 0 spiro atoms. The standard InChI is InChI=1S/C13H17ClO4/c1-9(2)8-17-5-6-18-10-3-4-11(13(15)16)12(14)7-10/h3-4,7,9H,5-6,8H2,1-2H3,(H,15,16). The van der Waals surface area contributed by atoms with Crippen molar-refractivity contribution in [3.8, 4) is 5.75 Å². The third-order valence-electron chi connectivity index (χ3n) is 2.12. The summed E-state index contributed by atoms with van der Waals surface area (Å²) in [5.74, 6) is -0.0146. The van der Waals surface area contributed by atoms with E-state index in [1.165, 1.54) is 12.1 Å². The minimum Gasteiger partial charge on any atom is -0.491 e. The second-order valence-electron chi connectivity index (χ2n) is 4.26. The number of hydrogen-bond acceptors (Lipinski definition) is 3. The Bertz CT molecular complexity index is 404. The van der Waals surface area contributed by atoms with Gasteiger partial charge in [-0.1, -0.05) is 25.4 Å². The highest BCUT2D eigenvalue weighted by Gasteiger charge is 2.09. The minimum absolute atomic E-state index is 0.0695. The maximum absolute atomic E-state index is 10.8. The Kier molecular flexibility index (Phi) is 5.95. The van der Waals surface area contributed by atoms with E-state index in [2.05, 4.69) is 13.8 Å². The highest BCUT2D eigenvalue weighted by atomic mass is 35.5. The van der Waals surface area contributed by atoms with E-state index in [4.69, 9.17) is 26.2 Å². The molecule has 0 amide bonds. The van der Waals surface area contributed by atoms with Crippen molar-refractivity contribution in [1.82, 2.24) is 0 Å². The molecule has 0 fully saturated rings. The fourth-order valence-electron chi connectivity index (χ4n) is 1.30. The first kappa shape index (κ1) is 14.8. The van der Waals surface area contributed by atoms with Crippen LogP contribution in [0.3, 0.4) is 0 Å². The summed E-state index contributed by atoms with van der Waals surface area (Å²) in [6.07, 6.45) is 0. The fraction of sp³-hybridized carbons (Fsp3) is 0.462. The van der Waals surface area contributed by atoms with Gasteiger partial charge in [-0.3, -0.25) is 0 Å². The Labute approximate surface area is 111 Å². The SMILES string of the molecule is CC(C)COCCOc1ccc(C(=O)O)c(Cl)c1. The first-order chi connectivity index (χ1) is 8.50. The van der Waals surface area contributed by atoms with E-state index in [0.29, 0.717) is 31.5 Å². The Balaban J connectivity index is 2.39. The third-order valence-corrected chi connectivity index (χ3v) is 2.43. The number of benzene rings is 1. The topological polar surface area (TPSA) is 55.8 Å². The van der Waals surface area contributed by atoms with E-state index >= 15 is 0 Å². The molecule has 0 atom stereocenters. The monoisotopic (exact) mass is 272 g/mol. The summed E-state index contributed by atoms with van der Waals surface area (Å²) >= 11 is 5.81. The quantitative estimate of drug-likeness (QED) is 0.775. The van der Waals surface area contributed by atoms with Crippen molar-refractivity contribution in [1.29, 1.82) is 0 Å². The molecule has 1 aromatic rings. The smallest absolute Gasteiger partial charge is 0.337 e. The van der Waals surface area contributed by atoms with Crippen LogP contribution in [-0.4, -0.2) is 30.9 Å². The van der Waals surface area contributed by atoms with E-state index in [1.54, 1.807) is 6.07 Å². The van der Waals surface area contributed by atoms with E-state index in [0.717, 1.165) is 0 Å². The van der Waals surface area contributed by atoms with Crippen LogP contribution in [0.15, 0.2) is 18.2 Å². The first-order valence-electron chi connectivity index (χ1n) is 5.74. The van der Waals surface area contributed by atoms with E-state index in [1.807, 2.05) is 0 Å². The number of carboxylic acids is 1. The van der Waals surface area contributed by atoms with Crippen molar-refractivity contribution >= 4 is 17.6 Å². The molecule has 100 valence electrons. The summed E-state index contributed by atoms with van der Waals surface area (Å²) in [6.45, 7) is 5.75. The molecule has 1 aromatic carbocycles. The number of carbonyl (C=O) groups is 1. The zero-order chi connectivity index (χ0) is 13.5. The van der Waals surface area contributed by atoms with Gasteiger partial charge in [0.25, 0.3) is 0 Å². The van der Waals surface area contributed by atoms with Gasteiger partial charge in [0, 0.05) is 6.61 Å². The molecular weight excluding hydrogens is 256 g/mol. The molecule has 0 aliphatic heterocycles. The number of halogens is 1. The molecule has 4 nitrogen and oxygen atoms in total. The Morgan fingerprint density at radius 1 is 1.39 bits per heavy atom. The van der Waals surface area contributed by atoms with Gasteiger partial charge in [-0.25, -0.2) is 4.79 Å². The van der Waals surface area contributed by atoms with Gasteiger partial charge in [-0.15, -0.1) is 0 Å².